The SMILES string of the molecule is CC(C)OCCN1CCCN(CCN)CC1. The third-order valence-electron chi connectivity index (χ3n) is 2.99. The third kappa shape index (κ3) is 5.80. The van der Waals surface area contributed by atoms with E-state index in [1.807, 2.05) is 0 Å². The molecule has 1 rings (SSSR count). The summed E-state index contributed by atoms with van der Waals surface area (Å²) < 4.78 is 5.58. The van der Waals surface area contributed by atoms with E-state index in [9.17, 15) is 0 Å². The fourth-order valence-corrected chi connectivity index (χ4v) is 2.07. The van der Waals surface area contributed by atoms with E-state index in [-0.39, 0.29) is 0 Å². The van der Waals surface area contributed by atoms with E-state index in [0.29, 0.717) is 6.10 Å². The number of rotatable bonds is 6. The van der Waals surface area contributed by atoms with Crippen LogP contribution in [0.25, 0.3) is 0 Å². The first-order chi connectivity index (χ1) is 7.72. The van der Waals surface area contributed by atoms with Gasteiger partial charge in [0.1, 0.15) is 0 Å². The second-order valence-electron chi connectivity index (χ2n) is 4.75. The van der Waals surface area contributed by atoms with Gasteiger partial charge in [0.25, 0.3) is 0 Å². The smallest absolute Gasteiger partial charge is 0.0596 e. The maximum Gasteiger partial charge on any atom is 0.0596 e. The molecule has 2 N–H and O–H groups in total. The predicted molar refractivity (Wildman–Crippen MR) is 67.6 cm³/mol. The minimum absolute atomic E-state index is 0.348. The second-order valence-corrected chi connectivity index (χ2v) is 4.75. The highest BCUT2D eigenvalue weighted by Crippen LogP contribution is 2.02. The molecule has 4 nitrogen and oxygen atoms in total. The Kier molecular flexibility index (Phi) is 6.96. The molecular weight excluding hydrogens is 202 g/mol. The quantitative estimate of drug-likeness (QED) is 0.715. The van der Waals surface area contributed by atoms with Gasteiger partial charge in [0.05, 0.1) is 12.7 Å². The maximum absolute atomic E-state index is 5.58. The molecule has 0 spiro atoms. The number of hydrogen-bond acceptors (Lipinski definition) is 4. The van der Waals surface area contributed by atoms with Crippen molar-refractivity contribution in [1.29, 1.82) is 0 Å². The van der Waals surface area contributed by atoms with E-state index in [1.54, 1.807) is 0 Å². The highest BCUT2D eigenvalue weighted by molar-refractivity contribution is 4.69. The summed E-state index contributed by atoms with van der Waals surface area (Å²) in [4.78, 5) is 4.96. The maximum atomic E-state index is 5.58. The van der Waals surface area contributed by atoms with Gasteiger partial charge >= 0.3 is 0 Å². The fourth-order valence-electron chi connectivity index (χ4n) is 2.07. The van der Waals surface area contributed by atoms with Crippen molar-refractivity contribution in [1.82, 2.24) is 9.80 Å². The van der Waals surface area contributed by atoms with Gasteiger partial charge in [-0.25, -0.2) is 0 Å². The zero-order valence-electron chi connectivity index (χ0n) is 10.8. The molecule has 16 heavy (non-hydrogen) atoms. The highest BCUT2D eigenvalue weighted by Gasteiger charge is 2.13. The summed E-state index contributed by atoms with van der Waals surface area (Å²) in [6, 6.07) is 0. The molecule has 0 unspecified atom stereocenters. The van der Waals surface area contributed by atoms with Crippen LogP contribution in [0.3, 0.4) is 0 Å². The lowest BCUT2D eigenvalue weighted by atomic mass is 10.4. The normalized spacial score (nSPS) is 20.2. The molecule has 1 fully saturated rings. The molecule has 0 radical (unpaired) electrons. The van der Waals surface area contributed by atoms with Gasteiger partial charge in [0, 0.05) is 32.7 Å². The zero-order chi connectivity index (χ0) is 11.8. The summed E-state index contributed by atoms with van der Waals surface area (Å²) >= 11 is 0. The first kappa shape index (κ1) is 13.9. The van der Waals surface area contributed by atoms with Crippen LogP contribution in [0, 0.1) is 0 Å². The van der Waals surface area contributed by atoms with Crippen LogP contribution in [-0.2, 0) is 4.74 Å². The lowest BCUT2D eigenvalue weighted by Crippen LogP contribution is -2.35. The molecule has 1 heterocycles. The van der Waals surface area contributed by atoms with E-state index in [1.165, 1.54) is 19.5 Å². The van der Waals surface area contributed by atoms with Crippen molar-refractivity contribution in [2.45, 2.75) is 26.4 Å². The van der Waals surface area contributed by atoms with Gasteiger partial charge in [-0.2, -0.15) is 0 Å². The average Bonchev–Trinajstić information content (AvgIpc) is 2.44. The monoisotopic (exact) mass is 229 g/mol. The molecule has 0 aromatic heterocycles. The standard InChI is InChI=1S/C12H27N3O/c1-12(2)16-11-10-15-6-3-5-14(7-4-13)8-9-15/h12H,3-11,13H2,1-2H3. The van der Waals surface area contributed by atoms with Crippen LogP contribution in [0.5, 0.6) is 0 Å². The van der Waals surface area contributed by atoms with Crippen LogP contribution in [0.2, 0.25) is 0 Å². The number of hydrogen-bond donors (Lipinski definition) is 1. The molecule has 4 heteroatoms. The summed E-state index contributed by atoms with van der Waals surface area (Å²) in [5.74, 6) is 0. The van der Waals surface area contributed by atoms with Crippen LogP contribution >= 0.6 is 0 Å². The molecule has 0 aromatic rings. The van der Waals surface area contributed by atoms with Crippen molar-refractivity contribution >= 4 is 0 Å². The molecule has 0 bridgehead atoms. The molecular formula is C12H27N3O. The largest absolute Gasteiger partial charge is 0.377 e. The first-order valence-corrected chi connectivity index (χ1v) is 6.48. The molecule has 0 aliphatic carbocycles. The van der Waals surface area contributed by atoms with Gasteiger partial charge in [-0.3, -0.25) is 4.90 Å². The van der Waals surface area contributed by atoms with Crippen LogP contribution in [0.4, 0.5) is 0 Å². The average molecular weight is 229 g/mol. The third-order valence-corrected chi connectivity index (χ3v) is 2.99. The molecule has 1 aliphatic heterocycles. The molecule has 0 amide bonds. The highest BCUT2D eigenvalue weighted by atomic mass is 16.5. The summed E-state index contributed by atoms with van der Waals surface area (Å²) in [5, 5.41) is 0. The lowest BCUT2D eigenvalue weighted by molar-refractivity contribution is 0.0597. The molecule has 1 saturated heterocycles. The van der Waals surface area contributed by atoms with Crippen molar-refractivity contribution in [2.24, 2.45) is 5.73 Å². The number of nitrogens with two attached hydrogens (primary N) is 1. The Labute approximate surface area is 99.7 Å². The first-order valence-electron chi connectivity index (χ1n) is 6.48. The van der Waals surface area contributed by atoms with Gasteiger partial charge in [-0.1, -0.05) is 0 Å². The number of ether oxygens (including phenoxy) is 1. The van der Waals surface area contributed by atoms with Crippen molar-refractivity contribution in [3.63, 3.8) is 0 Å². The Morgan fingerprint density at radius 1 is 1.06 bits per heavy atom. The van der Waals surface area contributed by atoms with Crippen LogP contribution in [0.15, 0.2) is 0 Å². The van der Waals surface area contributed by atoms with Gasteiger partial charge in [0.15, 0.2) is 0 Å². The molecule has 0 atom stereocenters. The minimum Gasteiger partial charge on any atom is -0.377 e. The van der Waals surface area contributed by atoms with E-state index in [2.05, 4.69) is 23.6 Å². The Morgan fingerprint density at radius 3 is 2.25 bits per heavy atom. The molecule has 0 saturated carbocycles. The Balaban J connectivity index is 2.14. The van der Waals surface area contributed by atoms with Gasteiger partial charge in [-0.05, 0) is 33.4 Å². The second kappa shape index (κ2) is 8.01. The lowest BCUT2D eigenvalue weighted by Gasteiger charge is -2.21. The van der Waals surface area contributed by atoms with Crippen LogP contribution in [-0.4, -0.2) is 68.3 Å². The van der Waals surface area contributed by atoms with Crippen LogP contribution in [0.1, 0.15) is 20.3 Å². The Bertz CT molecular complexity index is 176. The fraction of sp³-hybridized carbons (Fsp3) is 1.00. The summed E-state index contributed by atoms with van der Waals surface area (Å²) in [6.45, 7) is 12.6. The van der Waals surface area contributed by atoms with Crippen molar-refractivity contribution in [3.8, 4) is 0 Å². The Hall–Kier alpha value is -0.160. The topological polar surface area (TPSA) is 41.7 Å². The van der Waals surface area contributed by atoms with Gasteiger partial charge in [0.2, 0.25) is 0 Å². The van der Waals surface area contributed by atoms with Gasteiger partial charge < -0.3 is 15.4 Å². The molecule has 1 aliphatic rings. The van der Waals surface area contributed by atoms with Crippen molar-refractivity contribution in [2.75, 3.05) is 52.4 Å². The number of nitrogens with zero attached hydrogens (tertiary/aromatic N) is 2. The predicted octanol–water partition coefficient (Wildman–Crippen LogP) is 0.378. The molecule has 96 valence electrons. The van der Waals surface area contributed by atoms with E-state index in [0.717, 1.165) is 39.3 Å². The summed E-state index contributed by atoms with van der Waals surface area (Å²) in [5.41, 5.74) is 5.58. The van der Waals surface area contributed by atoms with Crippen LogP contribution < -0.4 is 5.73 Å². The van der Waals surface area contributed by atoms with Crippen molar-refractivity contribution in [3.05, 3.63) is 0 Å². The van der Waals surface area contributed by atoms with Crippen molar-refractivity contribution < 1.29 is 4.74 Å². The summed E-state index contributed by atoms with van der Waals surface area (Å²) in [6.07, 6.45) is 1.60. The minimum atomic E-state index is 0.348. The Morgan fingerprint density at radius 2 is 1.69 bits per heavy atom. The summed E-state index contributed by atoms with van der Waals surface area (Å²) in [7, 11) is 0. The molecule has 0 aromatic carbocycles. The van der Waals surface area contributed by atoms with Gasteiger partial charge in [-0.15, -0.1) is 0 Å². The van der Waals surface area contributed by atoms with E-state index < -0.39 is 0 Å². The van der Waals surface area contributed by atoms with E-state index >= 15 is 0 Å². The van der Waals surface area contributed by atoms with E-state index in [4.69, 9.17) is 10.5 Å². The zero-order valence-corrected chi connectivity index (χ0v) is 10.8.